The summed E-state index contributed by atoms with van der Waals surface area (Å²) in [5, 5.41) is 4.13. The van der Waals surface area contributed by atoms with Crippen molar-refractivity contribution in [3.63, 3.8) is 0 Å². The largest absolute Gasteiger partial charge is 0.357 e. The van der Waals surface area contributed by atoms with Crippen LogP contribution in [0.3, 0.4) is 0 Å². The number of aromatic nitrogens is 3. The summed E-state index contributed by atoms with van der Waals surface area (Å²) in [6.07, 6.45) is 7.95. The van der Waals surface area contributed by atoms with Crippen LogP contribution in [0.1, 0.15) is 31.3 Å². The van der Waals surface area contributed by atoms with Crippen molar-refractivity contribution >= 4 is 41.5 Å². The highest BCUT2D eigenvalue weighted by atomic mass is 127. The van der Waals surface area contributed by atoms with Crippen molar-refractivity contribution in [2.75, 3.05) is 20.1 Å². The summed E-state index contributed by atoms with van der Waals surface area (Å²) in [5.41, 5.74) is 1.16. The Hall–Kier alpha value is -1.22. The predicted molar refractivity (Wildman–Crippen MR) is 119 cm³/mol. The molecule has 0 radical (unpaired) electrons. The van der Waals surface area contributed by atoms with E-state index in [-0.39, 0.29) is 24.0 Å². The highest BCUT2D eigenvalue weighted by Gasteiger charge is 2.09. The molecule has 0 aliphatic carbocycles. The van der Waals surface area contributed by atoms with Crippen LogP contribution in [0.4, 0.5) is 0 Å². The Morgan fingerprint density at radius 2 is 2.15 bits per heavy atom. The number of halogens is 2. The van der Waals surface area contributed by atoms with Crippen LogP contribution < -0.4 is 5.32 Å². The molecule has 0 saturated carbocycles. The van der Waals surface area contributed by atoms with E-state index in [1.165, 1.54) is 0 Å². The topological polar surface area (TPSA) is 50.4 Å². The smallest absolute Gasteiger partial charge is 0.194 e. The molecular formula is C18H30ClIN6. The summed E-state index contributed by atoms with van der Waals surface area (Å²) in [4.78, 5) is 11.1. The van der Waals surface area contributed by atoms with E-state index in [2.05, 4.69) is 38.3 Å². The van der Waals surface area contributed by atoms with E-state index in [1.54, 1.807) is 0 Å². The van der Waals surface area contributed by atoms with Crippen LogP contribution in [-0.2, 0) is 20.1 Å². The van der Waals surface area contributed by atoms with Gasteiger partial charge in [-0.2, -0.15) is 0 Å². The molecule has 0 spiro atoms. The molecule has 2 aromatic heterocycles. The lowest BCUT2D eigenvalue weighted by molar-refractivity contribution is 0.461. The van der Waals surface area contributed by atoms with Gasteiger partial charge in [-0.3, -0.25) is 4.99 Å². The van der Waals surface area contributed by atoms with E-state index < -0.39 is 0 Å². The van der Waals surface area contributed by atoms with Crippen LogP contribution in [-0.4, -0.2) is 45.1 Å². The second kappa shape index (κ2) is 11.5. The van der Waals surface area contributed by atoms with Crippen LogP contribution in [0.2, 0.25) is 5.02 Å². The first-order chi connectivity index (χ1) is 12.0. The molecule has 0 aliphatic rings. The summed E-state index contributed by atoms with van der Waals surface area (Å²) < 4.78 is 4.23. The summed E-state index contributed by atoms with van der Waals surface area (Å²) >= 11 is 6.07. The van der Waals surface area contributed by atoms with Gasteiger partial charge in [-0.25, -0.2) is 4.98 Å². The SMILES string of the molecule is CCNC(=NCCCCn1ccnc1C)N(C)Cc1cc(Cl)cn1C.I. The van der Waals surface area contributed by atoms with Gasteiger partial charge in [0.15, 0.2) is 5.96 Å². The minimum absolute atomic E-state index is 0. The minimum Gasteiger partial charge on any atom is -0.357 e. The summed E-state index contributed by atoms with van der Waals surface area (Å²) in [6.45, 7) is 7.55. The van der Waals surface area contributed by atoms with E-state index >= 15 is 0 Å². The molecule has 2 heterocycles. The monoisotopic (exact) mass is 492 g/mol. The second-order valence-electron chi connectivity index (χ2n) is 6.23. The summed E-state index contributed by atoms with van der Waals surface area (Å²) in [7, 11) is 4.06. The normalized spacial score (nSPS) is 11.3. The van der Waals surface area contributed by atoms with Gasteiger partial charge in [-0.15, -0.1) is 24.0 Å². The average Bonchev–Trinajstić information content (AvgIpc) is 3.11. The minimum atomic E-state index is 0. The highest BCUT2D eigenvalue weighted by molar-refractivity contribution is 14.0. The molecule has 0 bridgehead atoms. The number of aliphatic imine (C=N–C) groups is 1. The Morgan fingerprint density at radius 3 is 2.73 bits per heavy atom. The number of nitrogens with one attached hydrogen (secondary N) is 1. The Balaban J connectivity index is 0.00000338. The van der Waals surface area contributed by atoms with Crippen molar-refractivity contribution in [3.05, 3.63) is 41.2 Å². The van der Waals surface area contributed by atoms with E-state index in [4.69, 9.17) is 16.6 Å². The number of aryl methyl sites for hydroxylation is 3. The first-order valence-corrected chi connectivity index (χ1v) is 9.17. The average molecular weight is 493 g/mol. The van der Waals surface area contributed by atoms with Crippen molar-refractivity contribution in [3.8, 4) is 0 Å². The molecule has 1 N–H and O–H groups in total. The molecule has 0 unspecified atom stereocenters. The Kier molecular flexibility index (Phi) is 10.1. The maximum Gasteiger partial charge on any atom is 0.194 e. The Labute approximate surface area is 178 Å². The van der Waals surface area contributed by atoms with Gasteiger partial charge < -0.3 is 19.4 Å². The van der Waals surface area contributed by atoms with Gasteiger partial charge in [-0.1, -0.05) is 11.6 Å². The molecule has 26 heavy (non-hydrogen) atoms. The molecule has 6 nitrogen and oxygen atoms in total. The molecule has 2 aromatic rings. The van der Waals surface area contributed by atoms with Crippen molar-refractivity contribution in [2.45, 2.75) is 39.8 Å². The zero-order valence-electron chi connectivity index (χ0n) is 16.1. The van der Waals surface area contributed by atoms with Crippen molar-refractivity contribution in [2.24, 2.45) is 12.0 Å². The fourth-order valence-electron chi connectivity index (χ4n) is 2.73. The number of unbranched alkanes of at least 4 members (excludes halogenated alkanes) is 1. The number of hydrogen-bond donors (Lipinski definition) is 1. The van der Waals surface area contributed by atoms with E-state index in [1.807, 2.05) is 38.6 Å². The first-order valence-electron chi connectivity index (χ1n) is 8.79. The van der Waals surface area contributed by atoms with Crippen LogP contribution in [0, 0.1) is 6.92 Å². The molecule has 8 heteroatoms. The van der Waals surface area contributed by atoms with Gasteiger partial charge in [-0.05, 0) is 32.8 Å². The van der Waals surface area contributed by atoms with Gasteiger partial charge >= 0.3 is 0 Å². The third-order valence-electron chi connectivity index (χ3n) is 4.16. The molecule has 0 aliphatic heterocycles. The number of nitrogens with zero attached hydrogens (tertiary/aromatic N) is 5. The quantitative estimate of drug-likeness (QED) is 0.265. The number of rotatable bonds is 8. The van der Waals surface area contributed by atoms with Gasteiger partial charge in [0.1, 0.15) is 5.82 Å². The predicted octanol–water partition coefficient (Wildman–Crippen LogP) is 3.68. The zero-order chi connectivity index (χ0) is 18.2. The molecule has 146 valence electrons. The summed E-state index contributed by atoms with van der Waals surface area (Å²) in [5.74, 6) is 2.00. The fourth-order valence-corrected chi connectivity index (χ4v) is 3.00. The molecule has 0 amide bonds. The third kappa shape index (κ3) is 6.83. The van der Waals surface area contributed by atoms with Gasteiger partial charge in [0, 0.05) is 58.0 Å². The maximum absolute atomic E-state index is 6.07. The molecule has 0 aromatic carbocycles. The third-order valence-corrected chi connectivity index (χ3v) is 4.37. The van der Waals surface area contributed by atoms with E-state index in [0.29, 0.717) is 0 Å². The maximum atomic E-state index is 6.07. The highest BCUT2D eigenvalue weighted by Crippen LogP contribution is 2.14. The van der Waals surface area contributed by atoms with E-state index in [0.717, 1.165) is 61.5 Å². The lowest BCUT2D eigenvalue weighted by Crippen LogP contribution is -2.38. The Bertz CT molecular complexity index is 694. The fraction of sp³-hybridized carbons (Fsp3) is 0.556. The summed E-state index contributed by atoms with van der Waals surface area (Å²) in [6, 6.07) is 2.00. The zero-order valence-corrected chi connectivity index (χ0v) is 19.2. The van der Waals surface area contributed by atoms with Crippen LogP contribution in [0.5, 0.6) is 0 Å². The lowest BCUT2D eigenvalue weighted by Gasteiger charge is -2.22. The first kappa shape index (κ1) is 22.8. The Morgan fingerprint density at radius 1 is 1.38 bits per heavy atom. The number of guanidine groups is 1. The van der Waals surface area contributed by atoms with Crippen molar-refractivity contribution in [1.82, 2.24) is 24.3 Å². The lowest BCUT2D eigenvalue weighted by atomic mass is 10.3. The van der Waals surface area contributed by atoms with E-state index in [9.17, 15) is 0 Å². The second-order valence-corrected chi connectivity index (χ2v) is 6.66. The molecule has 2 rings (SSSR count). The van der Waals surface area contributed by atoms with Gasteiger partial charge in [0.05, 0.1) is 11.6 Å². The molecule has 0 fully saturated rings. The van der Waals surface area contributed by atoms with Gasteiger partial charge in [0.2, 0.25) is 0 Å². The number of imidazole rings is 1. The van der Waals surface area contributed by atoms with Crippen LogP contribution in [0.25, 0.3) is 0 Å². The van der Waals surface area contributed by atoms with Crippen LogP contribution >= 0.6 is 35.6 Å². The van der Waals surface area contributed by atoms with Crippen molar-refractivity contribution in [1.29, 1.82) is 0 Å². The van der Waals surface area contributed by atoms with Gasteiger partial charge in [0.25, 0.3) is 0 Å². The molecule has 0 saturated heterocycles. The number of hydrogen-bond acceptors (Lipinski definition) is 2. The van der Waals surface area contributed by atoms with Crippen molar-refractivity contribution < 1.29 is 0 Å². The van der Waals surface area contributed by atoms with Crippen LogP contribution in [0.15, 0.2) is 29.6 Å². The standard InChI is InChI=1S/C18H29ClN6.HI/c1-5-20-18(24(4)14-17-12-16(19)13-23(17)3)22-8-6-7-10-25-11-9-21-15(25)2;/h9,11-13H,5-8,10,14H2,1-4H3,(H,20,22);1H. The molecular weight excluding hydrogens is 463 g/mol. The molecule has 0 atom stereocenters.